The second-order valence-corrected chi connectivity index (χ2v) is 4.70. The molecule has 94 valence electrons. The van der Waals surface area contributed by atoms with Crippen molar-refractivity contribution in [2.24, 2.45) is 0 Å². The topological polar surface area (TPSA) is 38.1 Å². The summed E-state index contributed by atoms with van der Waals surface area (Å²) in [5, 5.41) is 0. The summed E-state index contributed by atoms with van der Waals surface area (Å²) in [5.41, 5.74) is 2.10. The van der Waals surface area contributed by atoms with Crippen LogP contribution in [0.5, 0.6) is 0 Å². The van der Waals surface area contributed by atoms with E-state index in [2.05, 4.69) is 22.5 Å². The number of fused-ring (bicyclic) bond motifs is 3. The number of amides is 1. The van der Waals surface area contributed by atoms with Crippen LogP contribution in [0.15, 0.2) is 24.3 Å². The van der Waals surface area contributed by atoms with Gasteiger partial charge >= 0.3 is 0 Å². The van der Waals surface area contributed by atoms with Crippen LogP contribution in [0.4, 0.5) is 5.95 Å². The Labute approximate surface area is 106 Å². The third-order valence-corrected chi connectivity index (χ3v) is 3.47. The van der Waals surface area contributed by atoms with Crippen molar-refractivity contribution < 1.29 is 4.79 Å². The van der Waals surface area contributed by atoms with Crippen LogP contribution in [0.1, 0.15) is 26.2 Å². The predicted octanol–water partition coefficient (Wildman–Crippen LogP) is 2.57. The molecule has 0 unspecified atom stereocenters. The van der Waals surface area contributed by atoms with Crippen molar-refractivity contribution >= 4 is 22.9 Å². The van der Waals surface area contributed by atoms with Gasteiger partial charge in [-0.3, -0.25) is 9.69 Å². The first-order valence-electron chi connectivity index (χ1n) is 6.57. The molecular weight excluding hydrogens is 226 g/mol. The van der Waals surface area contributed by atoms with Crippen molar-refractivity contribution in [3.05, 3.63) is 24.3 Å². The van der Waals surface area contributed by atoms with Gasteiger partial charge < -0.3 is 4.57 Å². The van der Waals surface area contributed by atoms with E-state index in [1.54, 1.807) is 0 Å². The maximum Gasteiger partial charge on any atom is 0.229 e. The highest BCUT2D eigenvalue weighted by Gasteiger charge is 2.27. The van der Waals surface area contributed by atoms with Crippen molar-refractivity contribution in [2.45, 2.75) is 32.7 Å². The van der Waals surface area contributed by atoms with Crippen molar-refractivity contribution in [1.29, 1.82) is 0 Å². The largest absolute Gasteiger partial charge is 0.308 e. The lowest BCUT2D eigenvalue weighted by Gasteiger charge is -2.13. The number of nitrogens with zero attached hydrogens (tertiary/aromatic N) is 3. The van der Waals surface area contributed by atoms with Crippen molar-refractivity contribution in [3.63, 3.8) is 0 Å². The average Bonchev–Trinajstić information content (AvgIpc) is 2.94. The Balaban J connectivity index is 1.94. The van der Waals surface area contributed by atoms with Gasteiger partial charge in [0.1, 0.15) is 0 Å². The highest BCUT2D eigenvalue weighted by Crippen LogP contribution is 2.27. The SMILES string of the molecule is CCCCC(=O)N1CCn2c1nc1ccccc12. The smallest absolute Gasteiger partial charge is 0.229 e. The van der Waals surface area contributed by atoms with Crippen molar-refractivity contribution in [1.82, 2.24) is 9.55 Å². The molecule has 1 amide bonds. The van der Waals surface area contributed by atoms with Crippen LogP contribution in [0, 0.1) is 0 Å². The number of benzene rings is 1. The summed E-state index contributed by atoms with van der Waals surface area (Å²) < 4.78 is 2.14. The summed E-state index contributed by atoms with van der Waals surface area (Å²) in [6, 6.07) is 8.05. The Bertz CT molecular complexity index is 588. The number of imidazole rings is 1. The van der Waals surface area contributed by atoms with Crippen LogP contribution < -0.4 is 4.90 Å². The molecule has 2 heterocycles. The van der Waals surface area contributed by atoms with E-state index >= 15 is 0 Å². The van der Waals surface area contributed by atoms with Gasteiger partial charge in [0.2, 0.25) is 11.9 Å². The van der Waals surface area contributed by atoms with Crippen LogP contribution in [-0.2, 0) is 11.3 Å². The molecule has 4 heteroatoms. The molecule has 0 saturated carbocycles. The van der Waals surface area contributed by atoms with E-state index < -0.39 is 0 Å². The second kappa shape index (κ2) is 4.44. The molecule has 1 aliphatic heterocycles. The molecule has 3 rings (SSSR count). The lowest BCUT2D eigenvalue weighted by Crippen LogP contribution is -2.29. The Morgan fingerprint density at radius 1 is 1.33 bits per heavy atom. The van der Waals surface area contributed by atoms with Gasteiger partial charge in [-0.2, -0.15) is 0 Å². The van der Waals surface area contributed by atoms with E-state index in [4.69, 9.17) is 0 Å². The van der Waals surface area contributed by atoms with Gasteiger partial charge in [-0.05, 0) is 18.6 Å². The summed E-state index contributed by atoms with van der Waals surface area (Å²) >= 11 is 0. The zero-order valence-electron chi connectivity index (χ0n) is 10.6. The standard InChI is InChI=1S/C14H17N3O/c1-2-3-8-13(18)17-10-9-16-12-7-5-4-6-11(12)15-14(16)17/h4-7H,2-3,8-10H2,1H3. The lowest BCUT2D eigenvalue weighted by atomic mass is 10.2. The van der Waals surface area contributed by atoms with Crippen LogP contribution in [-0.4, -0.2) is 22.0 Å². The number of hydrogen-bond acceptors (Lipinski definition) is 2. The van der Waals surface area contributed by atoms with Gasteiger partial charge in [0.05, 0.1) is 11.0 Å². The van der Waals surface area contributed by atoms with Crippen LogP contribution in [0.3, 0.4) is 0 Å². The minimum Gasteiger partial charge on any atom is -0.308 e. The Morgan fingerprint density at radius 2 is 2.17 bits per heavy atom. The minimum atomic E-state index is 0.200. The second-order valence-electron chi connectivity index (χ2n) is 4.70. The number of carbonyl (C=O) groups is 1. The molecule has 2 aromatic rings. The monoisotopic (exact) mass is 243 g/mol. The highest BCUT2D eigenvalue weighted by molar-refractivity contribution is 5.94. The molecule has 1 aliphatic rings. The summed E-state index contributed by atoms with van der Waals surface area (Å²) in [6.45, 7) is 3.72. The highest BCUT2D eigenvalue weighted by atomic mass is 16.2. The van der Waals surface area contributed by atoms with Crippen LogP contribution in [0.2, 0.25) is 0 Å². The molecule has 0 atom stereocenters. The van der Waals surface area contributed by atoms with Gasteiger partial charge in [-0.15, -0.1) is 0 Å². The quantitative estimate of drug-likeness (QED) is 0.831. The first kappa shape index (κ1) is 11.3. The maximum atomic E-state index is 12.1. The van der Waals surface area contributed by atoms with Crippen LogP contribution >= 0.6 is 0 Å². The molecule has 0 aliphatic carbocycles. The fraction of sp³-hybridized carbons (Fsp3) is 0.429. The molecule has 1 aromatic heterocycles. The van der Waals surface area contributed by atoms with Gasteiger partial charge in [-0.1, -0.05) is 25.5 Å². The Morgan fingerprint density at radius 3 is 3.00 bits per heavy atom. The third kappa shape index (κ3) is 1.68. The molecule has 1 aromatic carbocycles. The number of para-hydroxylation sites is 2. The van der Waals surface area contributed by atoms with E-state index in [0.29, 0.717) is 6.42 Å². The lowest BCUT2D eigenvalue weighted by molar-refractivity contribution is -0.118. The van der Waals surface area contributed by atoms with E-state index in [0.717, 1.165) is 42.9 Å². The molecule has 18 heavy (non-hydrogen) atoms. The molecule has 0 radical (unpaired) electrons. The third-order valence-electron chi connectivity index (χ3n) is 3.47. The van der Waals surface area contributed by atoms with E-state index in [-0.39, 0.29) is 5.91 Å². The van der Waals surface area contributed by atoms with Gasteiger partial charge in [-0.25, -0.2) is 4.98 Å². The zero-order chi connectivity index (χ0) is 12.5. The molecule has 0 spiro atoms. The Kier molecular flexibility index (Phi) is 2.78. The zero-order valence-corrected chi connectivity index (χ0v) is 10.6. The number of hydrogen-bond donors (Lipinski definition) is 0. The number of rotatable bonds is 3. The molecule has 0 bridgehead atoms. The first-order chi connectivity index (χ1) is 8.81. The van der Waals surface area contributed by atoms with Crippen LogP contribution in [0.25, 0.3) is 11.0 Å². The molecule has 0 saturated heterocycles. The molecule has 0 fully saturated rings. The number of aromatic nitrogens is 2. The predicted molar refractivity (Wildman–Crippen MR) is 71.6 cm³/mol. The van der Waals surface area contributed by atoms with Crippen molar-refractivity contribution in [2.75, 3.05) is 11.4 Å². The minimum absolute atomic E-state index is 0.200. The Hall–Kier alpha value is -1.84. The summed E-state index contributed by atoms with van der Waals surface area (Å²) in [5.74, 6) is 1.02. The number of anilines is 1. The maximum absolute atomic E-state index is 12.1. The van der Waals surface area contributed by atoms with E-state index in [9.17, 15) is 4.79 Å². The van der Waals surface area contributed by atoms with Gasteiger partial charge in [0, 0.05) is 19.5 Å². The normalized spacial score (nSPS) is 14.2. The summed E-state index contributed by atoms with van der Waals surface area (Å²) in [4.78, 5) is 18.5. The number of carbonyl (C=O) groups excluding carboxylic acids is 1. The summed E-state index contributed by atoms with van der Waals surface area (Å²) in [7, 11) is 0. The fourth-order valence-electron chi connectivity index (χ4n) is 2.49. The van der Waals surface area contributed by atoms with Gasteiger partial charge in [0.25, 0.3) is 0 Å². The van der Waals surface area contributed by atoms with E-state index in [1.807, 2.05) is 23.1 Å². The fourth-order valence-corrected chi connectivity index (χ4v) is 2.49. The van der Waals surface area contributed by atoms with Crippen molar-refractivity contribution in [3.8, 4) is 0 Å². The van der Waals surface area contributed by atoms with E-state index in [1.165, 1.54) is 0 Å². The first-order valence-corrected chi connectivity index (χ1v) is 6.57. The van der Waals surface area contributed by atoms with Gasteiger partial charge in [0.15, 0.2) is 0 Å². The summed E-state index contributed by atoms with van der Waals surface area (Å²) in [6.07, 6.45) is 2.63. The number of unbranched alkanes of at least 4 members (excludes halogenated alkanes) is 1. The molecule has 4 nitrogen and oxygen atoms in total. The molecule has 0 N–H and O–H groups in total. The average molecular weight is 243 g/mol. The molecular formula is C14H17N3O.